The normalized spacial score (nSPS) is 14.5. The van der Waals surface area contributed by atoms with Gasteiger partial charge in [-0.15, -0.1) is 0 Å². The molecule has 0 atom stereocenters. The lowest BCUT2D eigenvalue weighted by atomic mass is 10.1. The molecule has 1 aliphatic carbocycles. The van der Waals surface area contributed by atoms with Gasteiger partial charge < -0.3 is 9.94 Å². The molecular weight excluding hydrogens is 413 g/mol. The van der Waals surface area contributed by atoms with E-state index in [0.29, 0.717) is 24.2 Å². The van der Waals surface area contributed by atoms with Crippen LogP contribution in [0.4, 0.5) is 9.52 Å². The predicted octanol–water partition coefficient (Wildman–Crippen LogP) is 1.66. The molecule has 0 bridgehead atoms. The Labute approximate surface area is 162 Å². The Balaban J connectivity index is 1.85. The number of nitrogens with one attached hydrogen (secondary N) is 1. The second kappa shape index (κ2) is 8.02. The third-order valence-electron chi connectivity index (χ3n) is 3.68. The van der Waals surface area contributed by atoms with E-state index in [2.05, 4.69) is 20.3 Å². The number of nitrogens with zero attached hydrogens (tertiary/aromatic N) is 2. The van der Waals surface area contributed by atoms with Gasteiger partial charge in [0.15, 0.2) is 25.8 Å². The molecule has 12 heteroatoms. The number of sulfone groups is 1. The maximum Gasteiger partial charge on any atom is 0.344 e. The van der Waals surface area contributed by atoms with E-state index in [4.69, 9.17) is 5.11 Å². The minimum absolute atomic E-state index is 0.0265. The van der Waals surface area contributed by atoms with Crippen molar-refractivity contribution in [3.8, 4) is 0 Å². The third kappa shape index (κ3) is 4.70. The minimum Gasteiger partial charge on any atom is -0.479 e. The van der Waals surface area contributed by atoms with E-state index < -0.39 is 33.5 Å². The molecule has 148 valence electrons. The predicted molar refractivity (Wildman–Crippen MR) is 97.5 cm³/mol. The van der Waals surface area contributed by atoms with Crippen molar-refractivity contribution in [2.75, 3.05) is 11.9 Å². The summed E-state index contributed by atoms with van der Waals surface area (Å²) in [6.07, 6.45) is 2.16. The van der Waals surface area contributed by atoms with Crippen LogP contribution in [-0.2, 0) is 24.3 Å². The number of carbonyl (C=O) groups excluding carboxylic acids is 1. The molecule has 0 saturated heterocycles. The Morgan fingerprint density at radius 1 is 1.32 bits per heavy atom. The van der Waals surface area contributed by atoms with E-state index in [1.807, 2.05) is 0 Å². The van der Waals surface area contributed by atoms with Crippen LogP contribution in [-0.4, -0.2) is 48.0 Å². The van der Waals surface area contributed by atoms with Gasteiger partial charge >= 0.3 is 5.97 Å². The molecule has 9 nitrogen and oxygen atoms in total. The number of hydrogen-bond acceptors (Lipinski definition) is 8. The fourth-order valence-corrected chi connectivity index (χ4v) is 4.42. The molecule has 1 amide bonds. The van der Waals surface area contributed by atoms with Crippen molar-refractivity contribution in [1.82, 2.24) is 4.98 Å². The molecule has 2 N–H and O–H groups in total. The van der Waals surface area contributed by atoms with E-state index >= 15 is 0 Å². The van der Waals surface area contributed by atoms with Gasteiger partial charge in [-0.25, -0.2) is 18.2 Å². The van der Waals surface area contributed by atoms with Crippen LogP contribution in [0.1, 0.15) is 18.4 Å². The van der Waals surface area contributed by atoms with Crippen molar-refractivity contribution < 1.29 is 32.3 Å². The highest BCUT2D eigenvalue weighted by Crippen LogP contribution is 2.33. The maximum atomic E-state index is 13.0. The molecule has 1 fully saturated rings. The minimum atomic E-state index is -3.40. The Bertz CT molecular complexity index is 1030. The van der Waals surface area contributed by atoms with Crippen LogP contribution in [0.5, 0.6) is 0 Å². The molecule has 0 unspecified atom stereocenters. The second-order valence-electron chi connectivity index (χ2n) is 5.80. The number of benzene rings is 1. The van der Waals surface area contributed by atoms with Crippen molar-refractivity contribution in [2.24, 2.45) is 5.16 Å². The zero-order valence-corrected chi connectivity index (χ0v) is 15.8. The summed E-state index contributed by atoms with van der Waals surface area (Å²) in [5, 5.41) is 13.5. The first-order chi connectivity index (χ1) is 13.3. The molecule has 1 aromatic carbocycles. The number of aromatic nitrogens is 1. The SMILES string of the molecule is O=C(O)CO/N=C(/C(=O)Nc1ncc(F)s1)c1ccc(S(=O)(=O)C2CC2)cc1. The summed E-state index contributed by atoms with van der Waals surface area (Å²) in [5.74, 6) is -2.12. The first-order valence-corrected chi connectivity index (χ1v) is 10.3. The highest BCUT2D eigenvalue weighted by atomic mass is 32.2. The maximum absolute atomic E-state index is 13.0. The average molecular weight is 427 g/mol. The number of anilines is 1. The zero-order valence-electron chi connectivity index (χ0n) is 14.2. The number of rotatable bonds is 8. The average Bonchev–Trinajstić information content (AvgIpc) is 3.43. The Morgan fingerprint density at radius 2 is 2.00 bits per heavy atom. The van der Waals surface area contributed by atoms with Gasteiger partial charge in [0.1, 0.15) is 0 Å². The van der Waals surface area contributed by atoms with Gasteiger partial charge in [0, 0.05) is 5.56 Å². The lowest BCUT2D eigenvalue weighted by Crippen LogP contribution is -2.24. The molecule has 0 aliphatic heterocycles. The van der Waals surface area contributed by atoms with Crippen molar-refractivity contribution in [3.63, 3.8) is 0 Å². The first-order valence-electron chi connectivity index (χ1n) is 7.96. The van der Waals surface area contributed by atoms with Crippen molar-refractivity contribution in [3.05, 3.63) is 41.2 Å². The summed E-state index contributed by atoms with van der Waals surface area (Å²) in [6.45, 7) is -0.781. The molecule has 1 aromatic heterocycles. The number of carboxylic acids is 1. The van der Waals surface area contributed by atoms with Crippen LogP contribution in [0.3, 0.4) is 0 Å². The van der Waals surface area contributed by atoms with Gasteiger partial charge in [-0.2, -0.15) is 4.39 Å². The van der Waals surface area contributed by atoms with Gasteiger partial charge in [0.25, 0.3) is 5.91 Å². The van der Waals surface area contributed by atoms with Crippen LogP contribution in [0.15, 0.2) is 40.5 Å². The topological polar surface area (TPSA) is 135 Å². The molecule has 1 aliphatic rings. The summed E-state index contributed by atoms with van der Waals surface area (Å²) in [4.78, 5) is 31.5. The van der Waals surface area contributed by atoms with Gasteiger partial charge in [-0.1, -0.05) is 28.6 Å². The van der Waals surface area contributed by atoms with Crippen LogP contribution < -0.4 is 5.32 Å². The number of carboxylic acid groups (broad SMARTS) is 1. The second-order valence-corrected chi connectivity index (χ2v) is 9.01. The van der Waals surface area contributed by atoms with E-state index in [1.165, 1.54) is 24.3 Å². The molecule has 3 rings (SSSR count). The highest BCUT2D eigenvalue weighted by molar-refractivity contribution is 7.92. The number of aliphatic carboxylic acids is 1. The lowest BCUT2D eigenvalue weighted by Gasteiger charge is -2.08. The van der Waals surface area contributed by atoms with Gasteiger partial charge in [-0.05, 0) is 25.0 Å². The lowest BCUT2D eigenvalue weighted by molar-refractivity contribution is -0.142. The summed E-state index contributed by atoms with van der Waals surface area (Å²) in [5.41, 5.74) is -0.123. The summed E-state index contributed by atoms with van der Waals surface area (Å²) in [6, 6.07) is 5.40. The fourth-order valence-electron chi connectivity index (χ4n) is 2.22. The summed E-state index contributed by atoms with van der Waals surface area (Å²) >= 11 is 0.594. The molecule has 1 heterocycles. The standard InChI is InChI=1S/C16H14FN3O6S2/c17-12-7-18-16(27-12)19-15(23)14(20-26-8-13(21)22)9-1-3-10(4-2-9)28(24,25)11-5-6-11/h1-4,7,11H,5-6,8H2,(H,21,22)(H,18,19,23)/b20-14+. The third-order valence-corrected chi connectivity index (χ3v) is 6.66. The summed E-state index contributed by atoms with van der Waals surface area (Å²) < 4.78 is 37.6. The van der Waals surface area contributed by atoms with E-state index in [-0.39, 0.29) is 26.6 Å². The van der Waals surface area contributed by atoms with Crippen LogP contribution in [0.2, 0.25) is 0 Å². The number of amides is 1. The zero-order chi connectivity index (χ0) is 20.3. The van der Waals surface area contributed by atoms with Crippen LogP contribution in [0.25, 0.3) is 0 Å². The monoisotopic (exact) mass is 427 g/mol. The number of oxime groups is 1. The van der Waals surface area contributed by atoms with E-state index in [1.54, 1.807) is 0 Å². The molecule has 2 aromatic rings. The fraction of sp³-hybridized carbons (Fsp3) is 0.250. The Morgan fingerprint density at radius 3 is 2.54 bits per heavy atom. The highest BCUT2D eigenvalue weighted by Gasteiger charge is 2.36. The largest absolute Gasteiger partial charge is 0.479 e. The molecule has 0 radical (unpaired) electrons. The number of carbonyl (C=O) groups is 2. The van der Waals surface area contributed by atoms with E-state index in [9.17, 15) is 22.4 Å². The first kappa shape index (κ1) is 19.9. The van der Waals surface area contributed by atoms with Crippen molar-refractivity contribution in [2.45, 2.75) is 23.0 Å². The molecule has 0 spiro atoms. The Hall–Kier alpha value is -2.86. The van der Waals surface area contributed by atoms with Crippen LogP contribution in [0, 0.1) is 5.13 Å². The van der Waals surface area contributed by atoms with Crippen molar-refractivity contribution in [1.29, 1.82) is 0 Å². The summed E-state index contributed by atoms with van der Waals surface area (Å²) in [7, 11) is -3.40. The molecule has 1 saturated carbocycles. The number of thiazole rings is 1. The molecule has 28 heavy (non-hydrogen) atoms. The van der Waals surface area contributed by atoms with Crippen LogP contribution >= 0.6 is 11.3 Å². The van der Waals surface area contributed by atoms with E-state index in [0.717, 1.165) is 6.20 Å². The quantitative estimate of drug-likeness (QED) is 0.483. The number of hydrogen-bond donors (Lipinski definition) is 2. The van der Waals surface area contributed by atoms with Gasteiger partial charge in [0.05, 0.1) is 16.3 Å². The van der Waals surface area contributed by atoms with Gasteiger partial charge in [0.2, 0.25) is 6.61 Å². The van der Waals surface area contributed by atoms with Gasteiger partial charge in [-0.3, -0.25) is 10.1 Å². The Kier molecular flexibility index (Phi) is 5.70. The number of halogens is 1. The smallest absolute Gasteiger partial charge is 0.344 e. The van der Waals surface area contributed by atoms with Crippen molar-refractivity contribution >= 4 is 43.9 Å². The molecular formula is C16H14FN3O6S2.